The van der Waals surface area contributed by atoms with Gasteiger partial charge in [-0.15, -0.1) is 10.2 Å². The summed E-state index contributed by atoms with van der Waals surface area (Å²) in [7, 11) is 0. The molecule has 1 fully saturated rings. The zero-order valence-corrected chi connectivity index (χ0v) is 14.0. The Morgan fingerprint density at radius 1 is 1.20 bits per heavy atom. The summed E-state index contributed by atoms with van der Waals surface area (Å²) in [5.74, 6) is 0.0650. The molecule has 0 radical (unpaired) electrons. The zero-order chi connectivity index (χ0) is 17.5. The maximum Gasteiger partial charge on any atom is 0.274 e. The van der Waals surface area contributed by atoms with E-state index < -0.39 is 0 Å². The molecule has 1 aliphatic rings. The Morgan fingerprint density at radius 2 is 1.96 bits per heavy atom. The van der Waals surface area contributed by atoms with Gasteiger partial charge in [0, 0.05) is 26.1 Å². The highest BCUT2D eigenvalue weighted by atomic mass is 19.1. The summed E-state index contributed by atoms with van der Waals surface area (Å²) in [6.45, 7) is 5.21. The lowest BCUT2D eigenvalue weighted by Gasteiger charge is -2.26. The molecule has 1 saturated heterocycles. The molecule has 3 rings (SSSR count). The van der Waals surface area contributed by atoms with E-state index in [2.05, 4.69) is 25.4 Å². The molecule has 0 spiro atoms. The second-order valence-corrected chi connectivity index (χ2v) is 5.99. The van der Waals surface area contributed by atoms with Gasteiger partial charge in [-0.2, -0.15) is 0 Å². The quantitative estimate of drug-likeness (QED) is 0.728. The van der Waals surface area contributed by atoms with Crippen molar-refractivity contribution in [3.63, 3.8) is 0 Å². The van der Waals surface area contributed by atoms with Crippen molar-refractivity contribution in [3.8, 4) is 0 Å². The Hall–Kier alpha value is -2.32. The van der Waals surface area contributed by atoms with Gasteiger partial charge in [-0.3, -0.25) is 14.7 Å². The van der Waals surface area contributed by atoms with Gasteiger partial charge in [-0.05, 0) is 30.7 Å². The van der Waals surface area contributed by atoms with E-state index in [1.165, 1.54) is 12.1 Å². The fourth-order valence-electron chi connectivity index (χ4n) is 2.69. The van der Waals surface area contributed by atoms with Crippen LogP contribution in [0.15, 0.2) is 29.1 Å². The molecule has 0 aliphatic carbocycles. The Bertz CT molecular complexity index is 729. The lowest BCUT2D eigenvalue weighted by atomic mass is 10.1. The molecule has 1 aromatic carbocycles. The first-order chi connectivity index (χ1) is 12.2. The summed E-state index contributed by atoms with van der Waals surface area (Å²) in [5, 5.41) is 11.1. The molecule has 7 nitrogen and oxygen atoms in total. The van der Waals surface area contributed by atoms with E-state index in [9.17, 15) is 9.18 Å². The van der Waals surface area contributed by atoms with Crippen molar-refractivity contribution in [3.05, 3.63) is 51.7 Å². The zero-order valence-electron chi connectivity index (χ0n) is 14.0. The molecule has 0 bridgehead atoms. The number of morpholine rings is 1. The van der Waals surface area contributed by atoms with Crippen LogP contribution in [0.3, 0.4) is 0 Å². The van der Waals surface area contributed by atoms with Gasteiger partial charge in [-0.1, -0.05) is 12.1 Å². The molecule has 1 aromatic heterocycles. The molecule has 2 N–H and O–H groups in total. The maximum atomic E-state index is 12.9. The summed E-state index contributed by atoms with van der Waals surface area (Å²) in [5.41, 5.74) is 0.841. The fourth-order valence-corrected chi connectivity index (χ4v) is 2.69. The Kier molecular flexibility index (Phi) is 6.08. The maximum absolute atomic E-state index is 12.9. The number of rotatable bonds is 7. The molecule has 134 valence electrons. The number of aromatic amines is 1. The Labute approximate surface area is 145 Å². The number of hydrogen-bond donors (Lipinski definition) is 2. The first kappa shape index (κ1) is 17.5. The van der Waals surface area contributed by atoms with Crippen LogP contribution in [0.5, 0.6) is 0 Å². The van der Waals surface area contributed by atoms with E-state index in [4.69, 9.17) is 4.74 Å². The van der Waals surface area contributed by atoms with Crippen LogP contribution in [-0.2, 0) is 11.2 Å². The third-order valence-electron chi connectivity index (χ3n) is 4.10. The van der Waals surface area contributed by atoms with Gasteiger partial charge in [0.1, 0.15) is 11.5 Å². The minimum atomic E-state index is -0.305. The minimum absolute atomic E-state index is 0.282. The number of aromatic nitrogens is 3. The number of hydrogen-bond acceptors (Lipinski definition) is 6. The van der Waals surface area contributed by atoms with Crippen molar-refractivity contribution < 1.29 is 9.13 Å². The standard InChI is InChI=1S/C17H22FN5O2/c18-14-4-2-13(3-5-14)12-15-16(24)20-17(22-21-15)19-6-1-7-23-8-10-25-11-9-23/h2-5H,1,6-12H2,(H2,19,20,22,24). The van der Waals surface area contributed by atoms with E-state index in [-0.39, 0.29) is 11.4 Å². The lowest BCUT2D eigenvalue weighted by Crippen LogP contribution is -2.37. The first-order valence-corrected chi connectivity index (χ1v) is 8.45. The van der Waals surface area contributed by atoms with Crippen molar-refractivity contribution in [2.24, 2.45) is 0 Å². The molecule has 2 aromatic rings. The van der Waals surface area contributed by atoms with Gasteiger partial charge in [0.05, 0.1) is 13.2 Å². The number of anilines is 1. The highest BCUT2D eigenvalue weighted by Gasteiger charge is 2.10. The van der Waals surface area contributed by atoms with Crippen LogP contribution in [0.25, 0.3) is 0 Å². The molecule has 25 heavy (non-hydrogen) atoms. The van der Waals surface area contributed by atoms with Gasteiger partial charge in [0.15, 0.2) is 0 Å². The number of H-pyrrole nitrogens is 1. The highest BCUT2D eigenvalue weighted by molar-refractivity contribution is 5.24. The number of benzene rings is 1. The SMILES string of the molecule is O=c1[nH]c(NCCCN2CCOCC2)nnc1Cc1ccc(F)cc1. The third-order valence-corrected chi connectivity index (χ3v) is 4.10. The van der Waals surface area contributed by atoms with E-state index in [0.717, 1.165) is 44.8 Å². The normalized spacial score (nSPS) is 15.2. The molecule has 0 saturated carbocycles. The predicted molar refractivity (Wildman–Crippen MR) is 92.2 cm³/mol. The molecule has 0 amide bonds. The van der Waals surface area contributed by atoms with E-state index in [1.54, 1.807) is 12.1 Å². The van der Waals surface area contributed by atoms with Crippen molar-refractivity contribution in [2.75, 3.05) is 44.7 Å². The number of nitrogens with one attached hydrogen (secondary N) is 2. The van der Waals surface area contributed by atoms with Gasteiger partial charge < -0.3 is 10.1 Å². The summed E-state index contributed by atoms with van der Waals surface area (Å²) in [6.07, 6.45) is 1.26. The van der Waals surface area contributed by atoms with Crippen LogP contribution >= 0.6 is 0 Å². The van der Waals surface area contributed by atoms with Crippen LogP contribution in [0.1, 0.15) is 17.7 Å². The van der Waals surface area contributed by atoms with Crippen molar-refractivity contribution in [2.45, 2.75) is 12.8 Å². The van der Waals surface area contributed by atoms with Crippen LogP contribution in [0, 0.1) is 5.82 Å². The first-order valence-electron chi connectivity index (χ1n) is 8.45. The fraction of sp³-hybridized carbons (Fsp3) is 0.471. The second-order valence-electron chi connectivity index (χ2n) is 5.99. The van der Waals surface area contributed by atoms with Crippen molar-refractivity contribution in [1.82, 2.24) is 20.1 Å². The van der Waals surface area contributed by atoms with Gasteiger partial charge >= 0.3 is 0 Å². The average molecular weight is 347 g/mol. The summed E-state index contributed by atoms with van der Waals surface area (Å²) in [6, 6.07) is 5.99. The Morgan fingerprint density at radius 3 is 2.68 bits per heavy atom. The van der Waals surface area contributed by atoms with Crippen molar-refractivity contribution >= 4 is 5.95 Å². The second kappa shape index (κ2) is 8.68. The van der Waals surface area contributed by atoms with E-state index in [0.29, 0.717) is 24.6 Å². The van der Waals surface area contributed by atoms with E-state index in [1.807, 2.05) is 0 Å². The number of halogens is 1. The predicted octanol–water partition coefficient (Wildman–Crippen LogP) is 1.03. The van der Waals surface area contributed by atoms with Gasteiger partial charge in [0.25, 0.3) is 5.56 Å². The van der Waals surface area contributed by atoms with Crippen LogP contribution in [0.4, 0.5) is 10.3 Å². The van der Waals surface area contributed by atoms with Gasteiger partial charge in [0.2, 0.25) is 5.95 Å². The van der Waals surface area contributed by atoms with Gasteiger partial charge in [-0.25, -0.2) is 4.39 Å². The topological polar surface area (TPSA) is 83.1 Å². The molecular weight excluding hydrogens is 325 g/mol. The largest absolute Gasteiger partial charge is 0.379 e. The molecule has 2 heterocycles. The van der Waals surface area contributed by atoms with Crippen LogP contribution < -0.4 is 10.9 Å². The molecule has 0 unspecified atom stereocenters. The van der Waals surface area contributed by atoms with E-state index >= 15 is 0 Å². The third kappa shape index (κ3) is 5.33. The monoisotopic (exact) mass is 347 g/mol. The molecule has 1 aliphatic heterocycles. The summed E-state index contributed by atoms with van der Waals surface area (Å²) < 4.78 is 18.2. The molecule has 8 heteroatoms. The summed E-state index contributed by atoms with van der Waals surface area (Å²) in [4.78, 5) is 17.1. The van der Waals surface area contributed by atoms with Crippen molar-refractivity contribution in [1.29, 1.82) is 0 Å². The Balaban J connectivity index is 1.47. The van der Waals surface area contributed by atoms with Crippen LogP contribution in [-0.4, -0.2) is 59.5 Å². The summed E-state index contributed by atoms with van der Waals surface area (Å²) >= 11 is 0. The smallest absolute Gasteiger partial charge is 0.274 e. The number of ether oxygens (including phenoxy) is 1. The van der Waals surface area contributed by atoms with Crippen LogP contribution in [0.2, 0.25) is 0 Å². The molecular formula is C17H22FN5O2. The highest BCUT2D eigenvalue weighted by Crippen LogP contribution is 2.06. The lowest BCUT2D eigenvalue weighted by molar-refractivity contribution is 0.0378. The minimum Gasteiger partial charge on any atom is -0.379 e. The molecule has 0 atom stereocenters. The average Bonchev–Trinajstić information content (AvgIpc) is 2.63. The number of nitrogens with zero attached hydrogens (tertiary/aromatic N) is 3.